The van der Waals surface area contributed by atoms with Crippen LogP contribution in [0, 0.1) is 18.3 Å². The highest BCUT2D eigenvalue weighted by Crippen LogP contribution is 2.58. The number of benzene rings is 1. The van der Waals surface area contributed by atoms with Crippen LogP contribution in [0.1, 0.15) is 96.1 Å². The quantitative estimate of drug-likeness (QED) is 0.330. The van der Waals surface area contributed by atoms with Crippen molar-refractivity contribution in [2.45, 2.75) is 104 Å². The van der Waals surface area contributed by atoms with Crippen LogP contribution in [0.3, 0.4) is 0 Å². The first-order chi connectivity index (χ1) is 15.9. The fourth-order valence-electron chi connectivity index (χ4n) is 5.48. The van der Waals surface area contributed by atoms with E-state index in [2.05, 4.69) is 44.0 Å². The molecule has 6 heteroatoms. The molecule has 2 aliphatic rings. The van der Waals surface area contributed by atoms with Crippen LogP contribution in [0.15, 0.2) is 18.2 Å². The first kappa shape index (κ1) is 25.3. The summed E-state index contributed by atoms with van der Waals surface area (Å²) in [5.74, 6) is 0.419. The average Bonchev–Trinajstić information content (AvgIpc) is 3.11. The number of rotatable bonds is 1. The molecule has 2 saturated heterocycles. The number of thiazole rings is 1. The third-order valence-corrected chi connectivity index (χ3v) is 9.32. The number of ether oxygens (including phenoxy) is 2. The Hall–Kier alpha value is -1.79. The highest BCUT2D eigenvalue weighted by Gasteiger charge is 2.67. The van der Waals surface area contributed by atoms with E-state index in [4.69, 9.17) is 9.47 Å². The molecule has 3 heterocycles. The Morgan fingerprint density at radius 2 is 1.82 bits per heavy atom. The number of hydrogen-bond acceptors (Lipinski definition) is 6. The molecule has 0 N–H and O–H groups in total. The Balaban J connectivity index is 1.60. The smallest absolute Gasteiger partial charge is 0.305 e. The fourth-order valence-corrected chi connectivity index (χ4v) is 6.29. The van der Waals surface area contributed by atoms with Gasteiger partial charge in [-0.1, -0.05) is 39.7 Å². The molecule has 0 amide bonds. The Labute approximate surface area is 207 Å². The van der Waals surface area contributed by atoms with Crippen molar-refractivity contribution in [1.29, 1.82) is 0 Å². The van der Waals surface area contributed by atoms with E-state index in [1.54, 1.807) is 11.3 Å². The lowest BCUT2D eigenvalue weighted by Crippen LogP contribution is -2.32. The van der Waals surface area contributed by atoms with Crippen molar-refractivity contribution in [3.05, 3.63) is 28.8 Å². The number of carbonyl (C=O) groups excluding carboxylic acids is 2. The normalized spacial score (nSPS) is 33.4. The van der Waals surface area contributed by atoms with Gasteiger partial charge in [-0.2, -0.15) is 0 Å². The summed E-state index contributed by atoms with van der Waals surface area (Å²) in [6, 6.07) is 6.38. The van der Waals surface area contributed by atoms with Gasteiger partial charge in [0.2, 0.25) is 0 Å². The zero-order valence-corrected chi connectivity index (χ0v) is 22.3. The van der Waals surface area contributed by atoms with Gasteiger partial charge in [0.05, 0.1) is 20.8 Å². The molecule has 0 spiro atoms. The number of esters is 1. The SMILES string of the molecule is Cc1nc2cc(C3COC(=O)CCC(C)(C)C(=O)CCC(C)CCCC4(C)OC34C)ccc2s1. The van der Waals surface area contributed by atoms with Gasteiger partial charge in [0.15, 0.2) is 0 Å². The average molecular weight is 486 g/mol. The minimum Gasteiger partial charge on any atom is -0.465 e. The maximum atomic E-state index is 12.8. The molecule has 2 fully saturated rings. The van der Waals surface area contributed by atoms with E-state index < -0.39 is 11.0 Å². The van der Waals surface area contributed by atoms with Crippen LogP contribution in [0.4, 0.5) is 0 Å². The van der Waals surface area contributed by atoms with Gasteiger partial charge in [0.25, 0.3) is 0 Å². The Kier molecular flexibility index (Phi) is 6.96. The Morgan fingerprint density at radius 3 is 2.59 bits per heavy atom. The van der Waals surface area contributed by atoms with Gasteiger partial charge < -0.3 is 9.47 Å². The summed E-state index contributed by atoms with van der Waals surface area (Å²) in [4.78, 5) is 30.2. The van der Waals surface area contributed by atoms with Crippen molar-refractivity contribution in [3.8, 4) is 0 Å². The van der Waals surface area contributed by atoms with E-state index in [-0.39, 0.29) is 36.3 Å². The molecule has 2 aliphatic heterocycles. The lowest BCUT2D eigenvalue weighted by Gasteiger charge is -2.26. The standard InChI is InChI=1S/C28H39NO4S/c1-18-8-7-14-27(5)28(6,33-27)21(20-10-11-23-22(16-20)29-19(2)34-23)17-32-25(31)13-15-26(3,4)24(30)12-9-18/h10-11,16,18,21H,7-9,12-15,17H2,1-6H3. The summed E-state index contributed by atoms with van der Waals surface area (Å²) in [6.07, 6.45) is 5.34. The van der Waals surface area contributed by atoms with Gasteiger partial charge in [-0.25, -0.2) is 4.98 Å². The number of aryl methyl sites for hydroxylation is 1. The monoisotopic (exact) mass is 485 g/mol. The van der Waals surface area contributed by atoms with Gasteiger partial charge in [-0.15, -0.1) is 11.3 Å². The number of nitrogens with zero attached hydrogens (tertiary/aromatic N) is 1. The second-order valence-corrected chi connectivity index (χ2v) is 12.7. The number of carbonyl (C=O) groups is 2. The predicted octanol–water partition coefficient (Wildman–Crippen LogP) is 6.75. The maximum absolute atomic E-state index is 12.8. The van der Waals surface area contributed by atoms with E-state index in [0.29, 0.717) is 18.8 Å². The summed E-state index contributed by atoms with van der Waals surface area (Å²) < 4.78 is 13.5. The van der Waals surface area contributed by atoms with Crippen molar-refractivity contribution in [1.82, 2.24) is 4.98 Å². The summed E-state index contributed by atoms with van der Waals surface area (Å²) in [5.41, 5.74) is 0.917. The molecule has 4 rings (SSSR count). The van der Waals surface area contributed by atoms with Gasteiger partial charge in [-0.05, 0) is 63.6 Å². The summed E-state index contributed by atoms with van der Waals surface area (Å²) in [7, 11) is 0. The van der Waals surface area contributed by atoms with Crippen LogP contribution in [-0.4, -0.2) is 34.5 Å². The first-order valence-electron chi connectivity index (χ1n) is 12.7. The van der Waals surface area contributed by atoms with Crippen LogP contribution in [0.25, 0.3) is 10.2 Å². The minimum absolute atomic E-state index is 0.0761. The molecule has 0 saturated carbocycles. The van der Waals surface area contributed by atoms with Gasteiger partial charge in [-0.3, -0.25) is 9.59 Å². The zero-order valence-electron chi connectivity index (χ0n) is 21.5. The topological polar surface area (TPSA) is 68.8 Å². The Morgan fingerprint density at radius 1 is 1.06 bits per heavy atom. The summed E-state index contributed by atoms with van der Waals surface area (Å²) >= 11 is 1.69. The first-order valence-corrected chi connectivity index (χ1v) is 13.5. The highest BCUT2D eigenvalue weighted by atomic mass is 32.1. The van der Waals surface area contributed by atoms with Crippen LogP contribution in [0.5, 0.6) is 0 Å². The van der Waals surface area contributed by atoms with Crippen molar-refractivity contribution >= 4 is 33.3 Å². The zero-order chi connectivity index (χ0) is 24.7. The molecule has 1 aromatic heterocycles. The molecule has 1 aromatic carbocycles. The van der Waals surface area contributed by atoms with E-state index in [1.807, 2.05) is 20.8 Å². The van der Waals surface area contributed by atoms with Crippen LogP contribution in [-0.2, 0) is 19.1 Å². The van der Waals surface area contributed by atoms with Gasteiger partial charge in [0.1, 0.15) is 18.0 Å². The molecule has 0 bridgehead atoms. The third kappa shape index (κ3) is 5.08. The molecular formula is C28H39NO4S. The number of fused-ring (bicyclic) bond motifs is 2. The molecule has 0 radical (unpaired) electrons. The second kappa shape index (κ2) is 9.34. The summed E-state index contributed by atoms with van der Waals surface area (Å²) in [5, 5.41) is 1.04. The van der Waals surface area contributed by atoms with Crippen molar-refractivity contribution in [3.63, 3.8) is 0 Å². The number of Topliss-reactive ketones (excluding diaryl/α,β-unsaturated/α-hetero) is 1. The lowest BCUT2D eigenvalue weighted by atomic mass is 9.77. The molecule has 186 valence electrons. The van der Waals surface area contributed by atoms with E-state index in [0.717, 1.165) is 46.5 Å². The van der Waals surface area contributed by atoms with E-state index >= 15 is 0 Å². The van der Waals surface area contributed by atoms with Crippen molar-refractivity contribution in [2.24, 2.45) is 11.3 Å². The largest absolute Gasteiger partial charge is 0.465 e. The highest BCUT2D eigenvalue weighted by molar-refractivity contribution is 7.18. The molecule has 4 unspecified atom stereocenters. The lowest BCUT2D eigenvalue weighted by molar-refractivity contribution is -0.145. The number of hydrogen-bond donors (Lipinski definition) is 0. The molecule has 4 atom stereocenters. The van der Waals surface area contributed by atoms with Gasteiger partial charge in [0, 0.05) is 24.2 Å². The predicted molar refractivity (Wildman–Crippen MR) is 136 cm³/mol. The molecule has 0 aliphatic carbocycles. The maximum Gasteiger partial charge on any atom is 0.305 e. The molecule has 5 nitrogen and oxygen atoms in total. The fraction of sp³-hybridized carbons (Fsp3) is 0.679. The number of epoxide rings is 1. The van der Waals surface area contributed by atoms with Crippen LogP contribution < -0.4 is 0 Å². The van der Waals surface area contributed by atoms with Gasteiger partial charge >= 0.3 is 5.97 Å². The molecular weight excluding hydrogens is 446 g/mol. The second-order valence-electron chi connectivity index (χ2n) is 11.5. The molecule has 34 heavy (non-hydrogen) atoms. The van der Waals surface area contributed by atoms with Crippen LogP contribution >= 0.6 is 11.3 Å². The van der Waals surface area contributed by atoms with Crippen LogP contribution in [0.2, 0.25) is 0 Å². The van der Waals surface area contributed by atoms with Crippen molar-refractivity contribution in [2.75, 3.05) is 6.61 Å². The minimum atomic E-state index is -0.507. The Bertz CT molecular complexity index is 1080. The van der Waals surface area contributed by atoms with Crippen molar-refractivity contribution < 1.29 is 19.1 Å². The number of ketones is 1. The molecule has 2 aromatic rings. The van der Waals surface area contributed by atoms with E-state index in [1.165, 1.54) is 0 Å². The number of cyclic esters (lactones) is 1. The summed E-state index contributed by atoms with van der Waals surface area (Å²) in [6.45, 7) is 12.8. The third-order valence-electron chi connectivity index (χ3n) is 8.37. The van der Waals surface area contributed by atoms with E-state index in [9.17, 15) is 9.59 Å². The number of aromatic nitrogens is 1.